The second kappa shape index (κ2) is 17.4. The van der Waals surface area contributed by atoms with E-state index >= 15 is 0 Å². The molecule has 0 bridgehead atoms. The highest BCUT2D eigenvalue weighted by molar-refractivity contribution is 5.81. The molecule has 0 saturated heterocycles. The van der Waals surface area contributed by atoms with Crippen molar-refractivity contribution in [3.63, 3.8) is 0 Å². The zero-order valence-corrected chi connectivity index (χ0v) is 28.4. The molecule has 0 saturated carbocycles. The van der Waals surface area contributed by atoms with E-state index in [0.717, 1.165) is 0 Å². The highest BCUT2D eigenvalue weighted by Crippen LogP contribution is 2.31. The van der Waals surface area contributed by atoms with Gasteiger partial charge in [0.25, 0.3) is 0 Å². The van der Waals surface area contributed by atoms with Gasteiger partial charge in [0.1, 0.15) is 23.3 Å². The summed E-state index contributed by atoms with van der Waals surface area (Å²) in [7, 11) is 0. The Morgan fingerprint density at radius 1 is 0.585 bits per heavy atom. The van der Waals surface area contributed by atoms with E-state index in [1.54, 1.807) is 41.5 Å². The quantitative estimate of drug-likeness (QED) is 0.194. The lowest BCUT2D eigenvalue weighted by Gasteiger charge is -2.34. The Hall–Kier alpha value is -2.56. The molecule has 244 valence electrons. The number of carbonyl (C=O) groups is 4. The minimum absolute atomic E-state index is 0. The van der Waals surface area contributed by atoms with Crippen molar-refractivity contribution in [2.24, 2.45) is 16.6 Å². The molecule has 0 aliphatic carbocycles. The fraction of sp³-hybridized carbons (Fsp3) is 0.867. The molecular formula is C30H61N3O8. The third-order valence-electron chi connectivity index (χ3n) is 6.44. The average Bonchev–Trinajstić information content (AvgIpc) is 2.76. The van der Waals surface area contributed by atoms with Crippen molar-refractivity contribution in [2.75, 3.05) is 0 Å². The van der Waals surface area contributed by atoms with Crippen molar-refractivity contribution in [1.82, 2.24) is 10.6 Å². The lowest BCUT2D eigenvalue weighted by molar-refractivity contribution is -0.144. The Balaban J connectivity index is -0.000000604. The second-order valence-electron chi connectivity index (χ2n) is 13.9. The van der Waals surface area contributed by atoms with Crippen LogP contribution in [-0.4, -0.2) is 63.2 Å². The first kappa shape index (κ1) is 42.9. The molecule has 0 aromatic carbocycles. The van der Waals surface area contributed by atoms with Gasteiger partial charge in [-0.2, -0.15) is 0 Å². The van der Waals surface area contributed by atoms with Gasteiger partial charge in [-0.1, -0.05) is 41.5 Å². The molecule has 0 aliphatic heterocycles. The maximum absolute atomic E-state index is 11.7. The number of hydrogen-bond acceptors (Lipinski definition) is 7. The molecule has 2 atom stereocenters. The van der Waals surface area contributed by atoms with Crippen LogP contribution >= 0.6 is 0 Å². The number of carboxylic acid groups (broad SMARTS) is 2. The summed E-state index contributed by atoms with van der Waals surface area (Å²) in [6.07, 6.45) is 1.27. The minimum atomic E-state index is -1.04. The number of nitrogens with one attached hydrogen (secondary N) is 2. The summed E-state index contributed by atoms with van der Waals surface area (Å²) in [5, 5.41) is 23.4. The molecule has 0 aromatic rings. The highest BCUT2D eigenvalue weighted by atomic mass is 16.6. The molecule has 6 N–H and O–H groups in total. The fourth-order valence-corrected chi connectivity index (χ4v) is 3.24. The van der Waals surface area contributed by atoms with Gasteiger partial charge in [-0.3, -0.25) is 0 Å². The van der Waals surface area contributed by atoms with Crippen molar-refractivity contribution in [3.05, 3.63) is 0 Å². The van der Waals surface area contributed by atoms with E-state index in [4.69, 9.17) is 15.2 Å². The molecule has 41 heavy (non-hydrogen) atoms. The smallest absolute Gasteiger partial charge is 0.408 e. The Kier molecular flexibility index (Phi) is 18.2. The molecular weight excluding hydrogens is 530 g/mol. The molecule has 0 spiro atoms. The van der Waals surface area contributed by atoms with Crippen LogP contribution in [0.2, 0.25) is 0 Å². The predicted molar refractivity (Wildman–Crippen MR) is 163 cm³/mol. The number of amides is 2. The maximum atomic E-state index is 11.7. The number of aliphatic carboxylic acids is 2. The Morgan fingerprint density at radius 3 is 0.902 bits per heavy atom. The summed E-state index contributed by atoms with van der Waals surface area (Å²) in [4.78, 5) is 45.9. The molecule has 11 heteroatoms. The fourth-order valence-electron chi connectivity index (χ4n) is 3.24. The van der Waals surface area contributed by atoms with Crippen molar-refractivity contribution in [2.45, 2.75) is 158 Å². The Morgan fingerprint density at radius 2 is 0.780 bits per heavy atom. The predicted octanol–water partition coefficient (Wildman–Crippen LogP) is 6.32. The van der Waals surface area contributed by atoms with Gasteiger partial charge in [-0.25, -0.2) is 19.2 Å². The lowest BCUT2D eigenvalue weighted by atomic mass is 9.77. The van der Waals surface area contributed by atoms with Gasteiger partial charge < -0.3 is 36.1 Å². The Labute approximate surface area is 248 Å². The van der Waals surface area contributed by atoms with Crippen LogP contribution in [0, 0.1) is 10.8 Å². The van der Waals surface area contributed by atoms with Gasteiger partial charge in [-0.15, -0.1) is 0 Å². The minimum Gasteiger partial charge on any atom is -0.480 e. The van der Waals surface area contributed by atoms with Crippen LogP contribution in [0.4, 0.5) is 9.59 Å². The maximum Gasteiger partial charge on any atom is 0.408 e. The van der Waals surface area contributed by atoms with E-state index in [-0.39, 0.29) is 5.54 Å². The standard InChI is InChI=1S/2C13H25NO4.C4H11N/c2*1-7-13(6,8-2)9(10(15)16)14-11(17)18-12(3,4)5;1-4(2,3)5/h2*9H,7-8H2,1-6H3,(H,14,17)(H,15,16);5H2,1-3H3/t2*9-;/m00./s1. The van der Waals surface area contributed by atoms with E-state index in [0.29, 0.717) is 25.7 Å². The van der Waals surface area contributed by atoms with E-state index < -0.39 is 58.2 Å². The first-order valence-electron chi connectivity index (χ1n) is 14.3. The van der Waals surface area contributed by atoms with E-state index in [1.807, 2.05) is 62.3 Å². The summed E-state index contributed by atoms with van der Waals surface area (Å²) in [6.45, 7) is 27.7. The third kappa shape index (κ3) is 20.9. The number of hydrogen-bond donors (Lipinski definition) is 5. The van der Waals surface area contributed by atoms with Crippen LogP contribution < -0.4 is 16.4 Å². The Bertz CT molecular complexity index is 747. The van der Waals surface area contributed by atoms with Crippen LogP contribution in [0.3, 0.4) is 0 Å². The number of carboxylic acids is 2. The van der Waals surface area contributed by atoms with Gasteiger partial charge in [0.15, 0.2) is 0 Å². The SMILES string of the molecule is CC(C)(C)N.CCC(C)(CC)[C@@H](NC(=O)OC(C)(C)C)C(=O)O.CCC(C)(CC)[C@@H](NC(=O)OC(C)(C)C)C(=O)O. The average molecular weight is 592 g/mol. The van der Waals surface area contributed by atoms with Gasteiger partial charge in [-0.05, 0) is 98.8 Å². The third-order valence-corrected chi connectivity index (χ3v) is 6.44. The summed E-state index contributed by atoms with van der Waals surface area (Å²) < 4.78 is 10.2. The number of alkyl carbamates (subject to hydrolysis) is 2. The monoisotopic (exact) mass is 591 g/mol. The van der Waals surface area contributed by atoms with E-state index in [2.05, 4.69) is 10.6 Å². The summed E-state index contributed by atoms with van der Waals surface area (Å²) in [5.74, 6) is -2.07. The van der Waals surface area contributed by atoms with Crippen LogP contribution in [0.25, 0.3) is 0 Å². The van der Waals surface area contributed by atoms with Crippen molar-refractivity contribution in [3.8, 4) is 0 Å². The highest BCUT2D eigenvalue weighted by Gasteiger charge is 2.39. The summed E-state index contributed by atoms with van der Waals surface area (Å²) in [6, 6.07) is -1.88. The van der Waals surface area contributed by atoms with Crippen LogP contribution in [0.1, 0.15) is 130 Å². The van der Waals surface area contributed by atoms with Gasteiger partial charge in [0.2, 0.25) is 0 Å². The largest absolute Gasteiger partial charge is 0.480 e. The van der Waals surface area contributed by atoms with Crippen molar-refractivity contribution >= 4 is 24.1 Å². The van der Waals surface area contributed by atoms with Crippen molar-refractivity contribution < 1.29 is 38.9 Å². The summed E-state index contributed by atoms with van der Waals surface area (Å²) >= 11 is 0. The van der Waals surface area contributed by atoms with Gasteiger partial charge in [0, 0.05) is 5.54 Å². The zero-order valence-electron chi connectivity index (χ0n) is 28.4. The molecule has 2 amide bonds. The van der Waals surface area contributed by atoms with E-state index in [9.17, 15) is 29.4 Å². The van der Waals surface area contributed by atoms with Gasteiger partial charge in [0.05, 0.1) is 0 Å². The van der Waals surface area contributed by atoms with Crippen LogP contribution in [0.15, 0.2) is 0 Å². The molecule has 0 aliphatic rings. The van der Waals surface area contributed by atoms with E-state index in [1.165, 1.54) is 0 Å². The first-order valence-corrected chi connectivity index (χ1v) is 14.3. The molecule has 0 aromatic heterocycles. The molecule has 0 unspecified atom stereocenters. The number of rotatable bonds is 10. The lowest BCUT2D eigenvalue weighted by Crippen LogP contribution is -2.52. The topological polar surface area (TPSA) is 177 Å². The van der Waals surface area contributed by atoms with Crippen LogP contribution in [0.5, 0.6) is 0 Å². The second-order valence-corrected chi connectivity index (χ2v) is 13.9. The number of nitrogens with two attached hydrogens (primary N) is 1. The molecule has 0 fully saturated rings. The summed E-state index contributed by atoms with van der Waals surface area (Å²) in [5.41, 5.74) is 3.11. The molecule has 0 radical (unpaired) electrons. The zero-order chi connectivity index (χ0) is 33.6. The van der Waals surface area contributed by atoms with Gasteiger partial charge >= 0.3 is 24.1 Å². The first-order chi connectivity index (χ1) is 18.1. The number of carbonyl (C=O) groups excluding carboxylic acids is 2. The molecule has 11 nitrogen and oxygen atoms in total. The molecule has 0 rings (SSSR count). The molecule has 0 heterocycles. The van der Waals surface area contributed by atoms with Crippen molar-refractivity contribution in [1.29, 1.82) is 0 Å². The van der Waals surface area contributed by atoms with Crippen LogP contribution in [-0.2, 0) is 19.1 Å². The normalized spacial score (nSPS) is 13.7. The number of ether oxygens (including phenoxy) is 2.